The summed E-state index contributed by atoms with van der Waals surface area (Å²) in [7, 11) is 0. The van der Waals surface area contributed by atoms with Gasteiger partial charge in [0.05, 0.1) is 5.71 Å². The first-order chi connectivity index (χ1) is 16.2. The number of nitrogens with one attached hydrogen (secondary N) is 3. The van der Waals surface area contributed by atoms with Gasteiger partial charge in [-0.15, -0.1) is 21.5 Å². The number of hydrogen-bond donors (Lipinski definition) is 3. The van der Waals surface area contributed by atoms with Crippen LogP contribution in [-0.4, -0.2) is 31.4 Å². The number of nitrogens with zero attached hydrogens (tertiary/aromatic N) is 4. The Morgan fingerprint density at radius 3 is 2.59 bits per heavy atom. The fourth-order valence-corrected chi connectivity index (χ4v) is 4.89. The van der Waals surface area contributed by atoms with Crippen molar-refractivity contribution < 1.29 is 4.79 Å². The molecule has 3 N–H and O–H groups in total. The molecule has 8 nitrogen and oxygen atoms in total. The van der Waals surface area contributed by atoms with Crippen molar-refractivity contribution in [3.05, 3.63) is 80.6 Å². The summed E-state index contributed by atoms with van der Waals surface area (Å²) < 4.78 is 1.94. The number of aryl methyl sites for hydroxylation is 2. The Balaban J connectivity index is 1.67. The number of thiophene rings is 1. The van der Waals surface area contributed by atoms with Crippen LogP contribution in [0.15, 0.2) is 42.6 Å². The molecular formula is C24H24ClN7OS. The summed E-state index contributed by atoms with van der Waals surface area (Å²) in [4.78, 5) is 16.6. The molecule has 0 spiro atoms. The molecule has 0 unspecified atom stereocenters. The van der Waals surface area contributed by atoms with Gasteiger partial charge in [0.1, 0.15) is 16.6 Å². The van der Waals surface area contributed by atoms with E-state index in [0.717, 1.165) is 32.1 Å². The minimum atomic E-state index is -0.174. The van der Waals surface area contributed by atoms with Gasteiger partial charge in [-0.25, -0.2) is 4.98 Å². The number of halogens is 1. The van der Waals surface area contributed by atoms with E-state index < -0.39 is 0 Å². The third-order valence-corrected chi connectivity index (χ3v) is 6.80. The van der Waals surface area contributed by atoms with Crippen LogP contribution < -0.4 is 10.6 Å². The molecule has 0 fully saturated rings. The van der Waals surface area contributed by atoms with Crippen LogP contribution >= 0.6 is 22.9 Å². The monoisotopic (exact) mass is 493 g/mol. The SMILES string of the molecule is CC(=O)Nc1cc(CNc2nnc(C)n2-c2sc(C)c(C)c2C(=N)c2ccc(Cl)cc2)ccn1. The molecule has 0 aliphatic carbocycles. The molecule has 0 aliphatic rings. The topological polar surface area (TPSA) is 109 Å². The molecule has 1 aromatic carbocycles. The Morgan fingerprint density at radius 1 is 1.15 bits per heavy atom. The average Bonchev–Trinajstić information content (AvgIpc) is 3.30. The van der Waals surface area contributed by atoms with Crippen LogP contribution in [0.5, 0.6) is 0 Å². The van der Waals surface area contributed by atoms with Crippen LogP contribution in [-0.2, 0) is 11.3 Å². The Labute approximate surface area is 206 Å². The summed E-state index contributed by atoms with van der Waals surface area (Å²) in [6.07, 6.45) is 1.65. The quantitative estimate of drug-likeness (QED) is 0.303. The molecule has 1 amide bonds. The highest BCUT2D eigenvalue weighted by Crippen LogP contribution is 2.35. The van der Waals surface area contributed by atoms with Gasteiger partial charge in [0, 0.05) is 40.7 Å². The number of benzene rings is 1. The Kier molecular flexibility index (Phi) is 6.76. The molecule has 3 heterocycles. The maximum atomic E-state index is 11.3. The molecule has 4 rings (SSSR count). The van der Waals surface area contributed by atoms with Gasteiger partial charge >= 0.3 is 0 Å². The molecule has 0 atom stereocenters. The minimum Gasteiger partial charge on any atom is -0.350 e. The van der Waals surface area contributed by atoms with Gasteiger partial charge in [-0.1, -0.05) is 23.7 Å². The van der Waals surface area contributed by atoms with Gasteiger partial charge in [-0.05, 0) is 56.2 Å². The van der Waals surface area contributed by atoms with Crippen LogP contribution in [0.1, 0.15) is 39.9 Å². The number of aromatic nitrogens is 4. The lowest BCUT2D eigenvalue weighted by atomic mass is 10.0. The maximum absolute atomic E-state index is 11.3. The highest BCUT2D eigenvalue weighted by molar-refractivity contribution is 7.15. The predicted octanol–water partition coefficient (Wildman–Crippen LogP) is 5.29. The van der Waals surface area contributed by atoms with E-state index in [9.17, 15) is 4.79 Å². The van der Waals surface area contributed by atoms with E-state index in [1.54, 1.807) is 29.7 Å². The van der Waals surface area contributed by atoms with Crippen LogP contribution in [0.4, 0.5) is 11.8 Å². The first kappa shape index (κ1) is 23.6. The van der Waals surface area contributed by atoms with E-state index in [1.807, 2.05) is 42.7 Å². The largest absolute Gasteiger partial charge is 0.350 e. The molecule has 0 aliphatic heterocycles. The fourth-order valence-electron chi connectivity index (χ4n) is 3.56. The molecule has 0 saturated heterocycles. The van der Waals surface area contributed by atoms with Crippen molar-refractivity contribution in [3.63, 3.8) is 0 Å². The van der Waals surface area contributed by atoms with Crippen LogP contribution in [0.3, 0.4) is 0 Å². The van der Waals surface area contributed by atoms with Crippen molar-refractivity contribution in [2.45, 2.75) is 34.2 Å². The van der Waals surface area contributed by atoms with Crippen molar-refractivity contribution in [1.29, 1.82) is 5.41 Å². The standard InChI is InChI=1S/C24H24ClN7OS/c1-13-14(2)34-23(21(13)22(26)18-5-7-19(25)8-6-18)32-15(3)30-31-24(32)28-12-17-9-10-27-20(11-17)29-16(4)33/h5-11,26H,12H2,1-4H3,(H,28,31)(H,27,29,33). The number of carbonyl (C=O) groups is 1. The van der Waals surface area contributed by atoms with E-state index >= 15 is 0 Å². The Morgan fingerprint density at radius 2 is 1.88 bits per heavy atom. The molecular weight excluding hydrogens is 470 g/mol. The van der Waals surface area contributed by atoms with Crippen molar-refractivity contribution in [2.24, 2.45) is 0 Å². The summed E-state index contributed by atoms with van der Waals surface area (Å²) in [5.41, 5.74) is 4.02. The Bertz CT molecular complexity index is 1370. The number of rotatable bonds is 7. The average molecular weight is 494 g/mol. The fraction of sp³-hybridized carbons (Fsp3) is 0.208. The number of amides is 1. The third-order valence-electron chi connectivity index (χ3n) is 5.36. The second kappa shape index (κ2) is 9.74. The van der Waals surface area contributed by atoms with E-state index in [-0.39, 0.29) is 5.91 Å². The molecule has 174 valence electrons. The normalized spacial score (nSPS) is 10.9. The minimum absolute atomic E-state index is 0.174. The van der Waals surface area contributed by atoms with Crippen LogP contribution in [0.25, 0.3) is 5.00 Å². The van der Waals surface area contributed by atoms with Gasteiger partial charge in [0.2, 0.25) is 11.9 Å². The van der Waals surface area contributed by atoms with Crippen LogP contribution in [0.2, 0.25) is 5.02 Å². The molecule has 3 aromatic heterocycles. The Hall–Kier alpha value is -3.56. The van der Waals surface area contributed by atoms with Gasteiger partial charge in [0.15, 0.2) is 0 Å². The van der Waals surface area contributed by atoms with E-state index in [0.29, 0.717) is 34.9 Å². The highest BCUT2D eigenvalue weighted by Gasteiger charge is 2.23. The summed E-state index contributed by atoms with van der Waals surface area (Å²) in [5, 5.41) is 25.1. The summed E-state index contributed by atoms with van der Waals surface area (Å²) in [5.74, 6) is 1.60. The molecule has 4 aromatic rings. The predicted molar refractivity (Wildman–Crippen MR) is 137 cm³/mol. The van der Waals surface area contributed by atoms with Crippen LogP contribution in [0, 0.1) is 26.2 Å². The maximum Gasteiger partial charge on any atom is 0.230 e. The molecule has 0 bridgehead atoms. The summed E-state index contributed by atoms with van der Waals surface area (Å²) in [6, 6.07) is 11.0. The number of hydrogen-bond acceptors (Lipinski definition) is 7. The lowest BCUT2D eigenvalue weighted by molar-refractivity contribution is -0.114. The number of pyridine rings is 1. The smallest absolute Gasteiger partial charge is 0.230 e. The second-order valence-electron chi connectivity index (χ2n) is 7.84. The second-order valence-corrected chi connectivity index (χ2v) is 9.48. The zero-order valence-corrected chi connectivity index (χ0v) is 20.8. The zero-order chi connectivity index (χ0) is 24.4. The van der Waals surface area contributed by atoms with Gasteiger partial charge in [-0.2, -0.15) is 0 Å². The van der Waals surface area contributed by atoms with E-state index in [1.165, 1.54) is 6.92 Å². The number of anilines is 2. The molecule has 0 saturated carbocycles. The lowest BCUT2D eigenvalue weighted by Gasteiger charge is -2.13. The highest BCUT2D eigenvalue weighted by atomic mass is 35.5. The molecule has 10 heteroatoms. The molecule has 34 heavy (non-hydrogen) atoms. The van der Waals surface area contributed by atoms with Crippen molar-refractivity contribution in [3.8, 4) is 5.00 Å². The van der Waals surface area contributed by atoms with Gasteiger partial charge < -0.3 is 10.6 Å². The zero-order valence-electron chi connectivity index (χ0n) is 19.2. The first-order valence-electron chi connectivity index (χ1n) is 10.6. The van der Waals surface area contributed by atoms with Crippen molar-refractivity contribution in [2.75, 3.05) is 10.6 Å². The van der Waals surface area contributed by atoms with Crippen molar-refractivity contribution >= 4 is 46.3 Å². The van der Waals surface area contributed by atoms with Gasteiger partial charge in [0.25, 0.3) is 0 Å². The summed E-state index contributed by atoms with van der Waals surface area (Å²) >= 11 is 7.65. The number of carbonyl (C=O) groups excluding carboxylic acids is 1. The lowest BCUT2D eigenvalue weighted by Crippen LogP contribution is -2.11. The van der Waals surface area contributed by atoms with Gasteiger partial charge in [-0.3, -0.25) is 14.8 Å². The van der Waals surface area contributed by atoms with E-state index in [4.69, 9.17) is 17.0 Å². The van der Waals surface area contributed by atoms with Crippen molar-refractivity contribution in [1.82, 2.24) is 19.7 Å². The first-order valence-corrected chi connectivity index (χ1v) is 11.8. The van der Waals surface area contributed by atoms with E-state index in [2.05, 4.69) is 32.7 Å². The summed E-state index contributed by atoms with van der Waals surface area (Å²) in [6.45, 7) is 7.88. The third kappa shape index (κ3) is 4.85. The molecule has 0 radical (unpaired) electrons.